The van der Waals surface area contributed by atoms with E-state index in [9.17, 15) is 19.7 Å². The molecular weight excluding hydrogens is 274 g/mol. The number of nitro benzene ring substituents is 1. The predicted molar refractivity (Wildman–Crippen MR) is 75.2 cm³/mol. The van der Waals surface area contributed by atoms with Crippen LogP contribution in [0.3, 0.4) is 0 Å². The van der Waals surface area contributed by atoms with E-state index in [1.54, 1.807) is 12.1 Å². The Kier molecular flexibility index (Phi) is 2.52. The van der Waals surface area contributed by atoms with Gasteiger partial charge in [0, 0.05) is 17.2 Å². The molecule has 0 radical (unpaired) electrons. The van der Waals surface area contributed by atoms with E-state index < -0.39 is 22.2 Å². The molecule has 0 saturated heterocycles. The number of hydrogen-bond donors (Lipinski definition) is 2. The van der Waals surface area contributed by atoms with Gasteiger partial charge < -0.3 is 11.5 Å². The molecule has 21 heavy (non-hydrogen) atoms. The topological polar surface area (TPSA) is 129 Å². The maximum atomic E-state index is 12.5. The summed E-state index contributed by atoms with van der Waals surface area (Å²) in [6.07, 6.45) is 0. The predicted octanol–water partition coefficient (Wildman–Crippen LogP) is 1.53. The molecule has 0 saturated carbocycles. The number of anilines is 2. The lowest BCUT2D eigenvalue weighted by atomic mass is 9.82. The molecular formula is C14H9N3O4. The maximum Gasteiger partial charge on any atom is 0.294 e. The lowest BCUT2D eigenvalue weighted by Gasteiger charge is -2.20. The molecule has 7 heteroatoms. The van der Waals surface area contributed by atoms with Crippen molar-refractivity contribution in [2.45, 2.75) is 0 Å². The van der Waals surface area contributed by atoms with Crippen molar-refractivity contribution < 1.29 is 14.5 Å². The quantitative estimate of drug-likeness (QED) is 0.396. The van der Waals surface area contributed by atoms with Gasteiger partial charge in [0.05, 0.1) is 21.7 Å². The second kappa shape index (κ2) is 4.14. The van der Waals surface area contributed by atoms with Gasteiger partial charge in [-0.1, -0.05) is 24.3 Å². The number of rotatable bonds is 1. The highest BCUT2D eigenvalue weighted by Crippen LogP contribution is 2.39. The van der Waals surface area contributed by atoms with E-state index in [2.05, 4.69) is 0 Å². The van der Waals surface area contributed by atoms with Crippen LogP contribution in [-0.4, -0.2) is 16.5 Å². The van der Waals surface area contributed by atoms with Gasteiger partial charge in [-0.05, 0) is 0 Å². The summed E-state index contributed by atoms with van der Waals surface area (Å²) in [5.41, 5.74) is 10.6. The average Bonchev–Trinajstić information content (AvgIpc) is 2.46. The van der Waals surface area contributed by atoms with E-state index in [1.165, 1.54) is 12.1 Å². The number of carbonyl (C=O) groups is 2. The van der Waals surface area contributed by atoms with Gasteiger partial charge in [-0.25, -0.2) is 0 Å². The molecule has 2 aromatic carbocycles. The van der Waals surface area contributed by atoms with Gasteiger partial charge in [0.1, 0.15) is 5.69 Å². The van der Waals surface area contributed by atoms with Crippen molar-refractivity contribution in [3.05, 3.63) is 62.7 Å². The van der Waals surface area contributed by atoms with Crippen molar-refractivity contribution in [1.29, 1.82) is 0 Å². The summed E-state index contributed by atoms with van der Waals surface area (Å²) < 4.78 is 0. The summed E-state index contributed by atoms with van der Waals surface area (Å²) in [5.74, 6) is -0.993. The molecule has 0 aliphatic heterocycles. The van der Waals surface area contributed by atoms with E-state index in [-0.39, 0.29) is 33.6 Å². The van der Waals surface area contributed by atoms with Crippen LogP contribution in [0.2, 0.25) is 0 Å². The largest absolute Gasteiger partial charge is 0.398 e. The minimum absolute atomic E-state index is 0.0678. The Morgan fingerprint density at radius 1 is 0.952 bits per heavy atom. The molecule has 0 bridgehead atoms. The number of nitrogens with two attached hydrogens (primary N) is 2. The van der Waals surface area contributed by atoms with Crippen LogP contribution < -0.4 is 11.5 Å². The van der Waals surface area contributed by atoms with Crippen molar-refractivity contribution in [2.24, 2.45) is 0 Å². The van der Waals surface area contributed by atoms with E-state index in [0.717, 1.165) is 6.07 Å². The van der Waals surface area contributed by atoms with Gasteiger partial charge in [-0.3, -0.25) is 19.7 Å². The second-order valence-corrected chi connectivity index (χ2v) is 4.61. The third-order valence-electron chi connectivity index (χ3n) is 3.44. The van der Waals surface area contributed by atoms with Gasteiger partial charge in [0.2, 0.25) is 0 Å². The zero-order valence-electron chi connectivity index (χ0n) is 10.6. The Morgan fingerprint density at radius 3 is 2.00 bits per heavy atom. The van der Waals surface area contributed by atoms with Crippen molar-refractivity contribution in [2.75, 3.05) is 11.5 Å². The van der Waals surface area contributed by atoms with Crippen molar-refractivity contribution in [3.63, 3.8) is 0 Å². The summed E-state index contributed by atoms with van der Waals surface area (Å²) in [5, 5.41) is 11.0. The fourth-order valence-electron chi connectivity index (χ4n) is 2.48. The first-order valence-corrected chi connectivity index (χ1v) is 5.98. The minimum Gasteiger partial charge on any atom is -0.398 e. The molecule has 3 rings (SSSR count). The molecule has 0 fully saturated rings. The van der Waals surface area contributed by atoms with Crippen molar-refractivity contribution >= 4 is 28.6 Å². The second-order valence-electron chi connectivity index (χ2n) is 4.61. The van der Waals surface area contributed by atoms with E-state index in [0.29, 0.717) is 0 Å². The first-order chi connectivity index (χ1) is 9.93. The fourth-order valence-corrected chi connectivity index (χ4v) is 2.48. The minimum atomic E-state index is -0.732. The summed E-state index contributed by atoms with van der Waals surface area (Å²) in [6.45, 7) is 0. The Bertz CT molecular complexity index is 842. The van der Waals surface area contributed by atoms with Crippen LogP contribution in [0.4, 0.5) is 17.1 Å². The van der Waals surface area contributed by atoms with E-state index in [4.69, 9.17) is 11.5 Å². The molecule has 7 nitrogen and oxygen atoms in total. The third-order valence-corrected chi connectivity index (χ3v) is 3.44. The molecule has 0 unspecified atom stereocenters. The van der Waals surface area contributed by atoms with Gasteiger partial charge in [-0.15, -0.1) is 0 Å². The van der Waals surface area contributed by atoms with Crippen LogP contribution in [0.5, 0.6) is 0 Å². The van der Waals surface area contributed by atoms with Crippen LogP contribution >= 0.6 is 0 Å². The van der Waals surface area contributed by atoms with Gasteiger partial charge in [0.25, 0.3) is 5.69 Å². The molecule has 0 amide bonds. The molecule has 1 aliphatic carbocycles. The van der Waals surface area contributed by atoms with E-state index >= 15 is 0 Å². The van der Waals surface area contributed by atoms with Crippen LogP contribution in [0.1, 0.15) is 31.8 Å². The number of fused-ring (bicyclic) bond motifs is 2. The molecule has 0 spiro atoms. The molecule has 4 N–H and O–H groups in total. The van der Waals surface area contributed by atoms with Crippen LogP contribution in [0, 0.1) is 10.1 Å². The van der Waals surface area contributed by atoms with Gasteiger partial charge in [-0.2, -0.15) is 0 Å². The van der Waals surface area contributed by atoms with E-state index in [1.807, 2.05) is 0 Å². The Hall–Kier alpha value is -3.22. The maximum absolute atomic E-state index is 12.5. The number of benzene rings is 2. The fraction of sp³-hybridized carbons (Fsp3) is 0. The average molecular weight is 283 g/mol. The summed E-state index contributed by atoms with van der Waals surface area (Å²) in [7, 11) is 0. The van der Waals surface area contributed by atoms with Crippen LogP contribution in [0.15, 0.2) is 30.3 Å². The van der Waals surface area contributed by atoms with Crippen molar-refractivity contribution in [3.8, 4) is 0 Å². The van der Waals surface area contributed by atoms with Crippen LogP contribution in [-0.2, 0) is 0 Å². The van der Waals surface area contributed by atoms with Gasteiger partial charge >= 0.3 is 0 Å². The number of carbonyl (C=O) groups excluding carboxylic acids is 2. The van der Waals surface area contributed by atoms with Gasteiger partial charge in [0.15, 0.2) is 11.6 Å². The summed E-state index contributed by atoms with van der Waals surface area (Å²) >= 11 is 0. The molecule has 104 valence electrons. The standard InChI is InChI=1S/C14H9N3O4/c15-8-5-9(17(20)21)12(16)11-10(8)13(18)6-3-1-2-4-7(6)14(11)19/h1-5H,15-16H2. The number of nitrogen functional groups attached to an aromatic ring is 2. The highest BCUT2D eigenvalue weighted by Gasteiger charge is 2.36. The Morgan fingerprint density at radius 2 is 1.48 bits per heavy atom. The highest BCUT2D eigenvalue weighted by atomic mass is 16.6. The normalized spacial score (nSPS) is 12.8. The number of nitrogens with zero attached hydrogens (tertiary/aromatic N) is 1. The zero-order chi connectivity index (χ0) is 15.3. The molecule has 0 atom stereocenters. The molecule has 2 aromatic rings. The Balaban J connectivity index is 2.41. The lowest BCUT2D eigenvalue weighted by molar-refractivity contribution is -0.383. The Labute approximate surface area is 118 Å². The van der Waals surface area contributed by atoms with Crippen LogP contribution in [0.25, 0.3) is 0 Å². The molecule has 0 aromatic heterocycles. The number of hydrogen-bond acceptors (Lipinski definition) is 6. The SMILES string of the molecule is Nc1cc([N+](=O)[O-])c(N)c2c1C(=O)c1ccccc1C2=O. The zero-order valence-corrected chi connectivity index (χ0v) is 10.6. The third kappa shape index (κ3) is 1.61. The number of ketones is 2. The highest BCUT2D eigenvalue weighted by molar-refractivity contribution is 6.32. The number of nitro groups is 1. The smallest absolute Gasteiger partial charge is 0.294 e. The monoisotopic (exact) mass is 283 g/mol. The van der Waals surface area contributed by atoms with Crippen molar-refractivity contribution in [1.82, 2.24) is 0 Å². The first-order valence-electron chi connectivity index (χ1n) is 5.98. The molecule has 0 heterocycles. The summed E-state index contributed by atoms with van der Waals surface area (Å²) in [6, 6.07) is 7.22. The molecule has 1 aliphatic rings. The first kappa shape index (κ1) is 12.8. The summed E-state index contributed by atoms with van der Waals surface area (Å²) in [4.78, 5) is 35.2. The lowest BCUT2D eigenvalue weighted by Crippen LogP contribution is -2.24.